The summed E-state index contributed by atoms with van der Waals surface area (Å²) in [4.78, 5) is 8.59. The summed E-state index contributed by atoms with van der Waals surface area (Å²) >= 11 is 1.60. The van der Waals surface area contributed by atoms with Crippen molar-refractivity contribution in [1.82, 2.24) is 14.4 Å². The van der Waals surface area contributed by atoms with E-state index in [0.717, 1.165) is 16.6 Å². The molecule has 0 unspecified atom stereocenters. The third kappa shape index (κ3) is 1.35. The van der Waals surface area contributed by atoms with E-state index in [4.69, 9.17) is 0 Å². The van der Waals surface area contributed by atoms with E-state index in [9.17, 15) is 0 Å². The van der Waals surface area contributed by atoms with Gasteiger partial charge in [0.25, 0.3) is 0 Å². The molecule has 0 aliphatic carbocycles. The van der Waals surface area contributed by atoms with Gasteiger partial charge in [0.2, 0.25) is 0 Å². The Hall–Kier alpha value is -1.23. The number of hydrogen-bond donors (Lipinski definition) is 1. The van der Waals surface area contributed by atoms with Crippen molar-refractivity contribution >= 4 is 23.2 Å². The Labute approximate surface area is 80.4 Å². The van der Waals surface area contributed by atoms with Crippen molar-refractivity contribution in [2.75, 3.05) is 18.6 Å². The van der Waals surface area contributed by atoms with Gasteiger partial charge in [-0.25, -0.2) is 9.97 Å². The third-order valence-corrected chi connectivity index (χ3v) is 2.45. The lowest BCUT2D eigenvalue weighted by molar-refractivity contribution is 0.908. The molecule has 0 saturated carbocycles. The maximum Gasteiger partial charge on any atom is 0.175 e. The van der Waals surface area contributed by atoms with Gasteiger partial charge in [0, 0.05) is 25.5 Å². The monoisotopic (exact) mass is 194 g/mol. The van der Waals surface area contributed by atoms with Gasteiger partial charge < -0.3 is 5.32 Å². The fraction of sp³-hybridized carbons (Fsp3) is 0.250. The molecule has 0 saturated heterocycles. The van der Waals surface area contributed by atoms with Crippen LogP contribution < -0.4 is 5.32 Å². The molecule has 0 aliphatic heterocycles. The molecule has 0 aliphatic rings. The molecule has 2 heterocycles. The first-order chi connectivity index (χ1) is 6.35. The number of rotatable bonds is 2. The van der Waals surface area contributed by atoms with Crippen LogP contribution in [0.2, 0.25) is 0 Å². The molecule has 68 valence electrons. The van der Waals surface area contributed by atoms with Crippen LogP contribution in [0.25, 0.3) is 5.65 Å². The second-order valence-corrected chi connectivity index (χ2v) is 3.31. The van der Waals surface area contributed by atoms with Gasteiger partial charge in [-0.2, -0.15) is 0 Å². The molecule has 1 N–H and O–H groups in total. The van der Waals surface area contributed by atoms with Gasteiger partial charge >= 0.3 is 0 Å². The largest absolute Gasteiger partial charge is 0.373 e. The molecule has 0 atom stereocenters. The van der Waals surface area contributed by atoms with Crippen LogP contribution in [0.3, 0.4) is 0 Å². The van der Waals surface area contributed by atoms with E-state index < -0.39 is 0 Å². The predicted molar refractivity (Wildman–Crippen MR) is 54.3 cm³/mol. The van der Waals surface area contributed by atoms with Crippen LogP contribution in [-0.2, 0) is 0 Å². The number of aromatic nitrogens is 3. The van der Waals surface area contributed by atoms with Crippen molar-refractivity contribution in [3.8, 4) is 0 Å². The Balaban J connectivity index is 2.70. The summed E-state index contributed by atoms with van der Waals surface area (Å²) in [5, 5.41) is 3.95. The zero-order valence-electron chi connectivity index (χ0n) is 7.48. The fourth-order valence-electron chi connectivity index (χ4n) is 1.17. The first kappa shape index (κ1) is 8.37. The lowest BCUT2D eigenvalue weighted by Crippen LogP contribution is -1.98. The predicted octanol–water partition coefficient (Wildman–Crippen LogP) is 1.49. The Kier molecular flexibility index (Phi) is 2.10. The van der Waals surface area contributed by atoms with E-state index >= 15 is 0 Å². The number of nitrogens with zero attached hydrogens (tertiary/aromatic N) is 3. The van der Waals surface area contributed by atoms with Crippen LogP contribution in [0, 0.1) is 0 Å². The second-order valence-electron chi connectivity index (χ2n) is 2.53. The molecule has 0 radical (unpaired) electrons. The standard InChI is InChI=1S/C8H10N4S/c1-9-6-5-7-10-3-4-12(7)8(11-6)13-2/h3-5,9H,1-2H3. The average Bonchev–Trinajstić information content (AvgIpc) is 2.63. The minimum Gasteiger partial charge on any atom is -0.373 e. The number of thioether (sulfide) groups is 1. The summed E-state index contributed by atoms with van der Waals surface area (Å²) in [6.07, 6.45) is 5.69. The van der Waals surface area contributed by atoms with Gasteiger partial charge in [0.05, 0.1) is 0 Å². The van der Waals surface area contributed by atoms with Gasteiger partial charge in [-0.05, 0) is 6.26 Å². The van der Waals surface area contributed by atoms with Crippen LogP contribution in [0.4, 0.5) is 5.82 Å². The summed E-state index contributed by atoms with van der Waals surface area (Å²) in [6, 6.07) is 1.92. The summed E-state index contributed by atoms with van der Waals surface area (Å²) in [6.45, 7) is 0. The van der Waals surface area contributed by atoms with E-state index in [1.54, 1.807) is 18.0 Å². The van der Waals surface area contributed by atoms with Crippen LogP contribution in [0.1, 0.15) is 0 Å². The van der Waals surface area contributed by atoms with E-state index in [-0.39, 0.29) is 0 Å². The average molecular weight is 194 g/mol. The molecule has 2 rings (SSSR count). The number of imidazole rings is 1. The number of nitrogens with one attached hydrogen (secondary N) is 1. The highest BCUT2D eigenvalue weighted by Gasteiger charge is 2.03. The van der Waals surface area contributed by atoms with Crippen LogP contribution in [-0.4, -0.2) is 27.7 Å². The highest BCUT2D eigenvalue weighted by atomic mass is 32.2. The van der Waals surface area contributed by atoms with Crippen molar-refractivity contribution in [3.05, 3.63) is 18.5 Å². The highest BCUT2D eigenvalue weighted by molar-refractivity contribution is 7.98. The molecule has 0 fully saturated rings. The van der Waals surface area contributed by atoms with Crippen LogP contribution in [0.15, 0.2) is 23.6 Å². The molecule has 5 heteroatoms. The van der Waals surface area contributed by atoms with Crippen LogP contribution >= 0.6 is 11.8 Å². The summed E-state index contributed by atoms with van der Waals surface area (Å²) in [5.41, 5.74) is 0.920. The van der Waals surface area contributed by atoms with E-state index in [0.29, 0.717) is 0 Å². The Morgan fingerprint density at radius 1 is 1.54 bits per heavy atom. The van der Waals surface area contributed by atoms with Crippen molar-refractivity contribution in [2.24, 2.45) is 0 Å². The maximum absolute atomic E-state index is 4.38. The van der Waals surface area contributed by atoms with Crippen molar-refractivity contribution < 1.29 is 0 Å². The van der Waals surface area contributed by atoms with Crippen molar-refractivity contribution in [1.29, 1.82) is 0 Å². The molecular weight excluding hydrogens is 184 g/mol. The zero-order chi connectivity index (χ0) is 9.26. The van der Waals surface area contributed by atoms with Crippen molar-refractivity contribution in [3.63, 3.8) is 0 Å². The Morgan fingerprint density at radius 2 is 2.38 bits per heavy atom. The normalized spacial score (nSPS) is 10.6. The second kappa shape index (κ2) is 3.26. The molecule has 13 heavy (non-hydrogen) atoms. The minimum atomic E-state index is 0.850. The van der Waals surface area contributed by atoms with Gasteiger partial charge in [0.1, 0.15) is 11.5 Å². The molecule has 0 spiro atoms. The van der Waals surface area contributed by atoms with Gasteiger partial charge in [-0.3, -0.25) is 4.40 Å². The number of hydrogen-bond acceptors (Lipinski definition) is 4. The minimum absolute atomic E-state index is 0.850. The Morgan fingerprint density at radius 3 is 3.08 bits per heavy atom. The first-order valence-electron chi connectivity index (χ1n) is 3.91. The number of anilines is 1. The summed E-state index contributed by atoms with van der Waals surface area (Å²) in [7, 11) is 1.85. The molecule has 0 aromatic carbocycles. The molecule has 4 nitrogen and oxygen atoms in total. The van der Waals surface area contributed by atoms with E-state index in [2.05, 4.69) is 15.3 Å². The van der Waals surface area contributed by atoms with Crippen LogP contribution in [0.5, 0.6) is 0 Å². The maximum atomic E-state index is 4.38. The summed E-state index contributed by atoms with van der Waals surface area (Å²) < 4.78 is 1.96. The van der Waals surface area contributed by atoms with E-state index in [1.807, 2.05) is 30.0 Å². The van der Waals surface area contributed by atoms with Crippen molar-refractivity contribution in [2.45, 2.75) is 5.16 Å². The topological polar surface area (TPSA) is 42.2 Å². The SMILES string of the molecule is CNc1cc2nccn2c(SC)n1. The molecule has 2 aromatic heterocycles. The van der Waals surface area contributed by atoms with Gasteiger partial charge in [0.15, 0.2) is 5.16 Å². The zero-order valence-corrected chi connectivity index (χ0v) is 8.30. The molecule has 0 bridgehead atoms. The lowest BCUT2D eigenvalue weighted by Gasteiger charge is -2.04. The Bertz CT molecular complexity index is 423. The summed E-state index contributed by atoms with van der Waals surface area (Å²) in [5.74, 6) is 0.850. The molecular formula is C8H10N4S. The highest BCUT2D eigenvalue weighted by Crippen LogP contribution is 2.17. The first-order valence-corrected chi connectivity index (χ1v) is 5.13. The van der Waals surface area contributed by atoms with Gasteiger partial charge in [-0.15, -0.1) is 0 Å². The smallest absolute Gasteiger partial charge is 0.175 e. The molecule has 2 aromatic rings. The number of fused-ring (bicyclic) bond motifs is 1. The van der Waals surface area contributed by atoms with Gasteiger partial charge in [-0.1, -0.05) is 11.8 Å². The fourth-order valence-corrected chi connectivity index (χ4v) is 1.71. The third-order valence-electron chi connectivity index (χ3n) is 1.80. The lowest BCUT2D eigenvalue weighted by atomic mass is 10.5. The quantitative estimate of drug-likeness (QED) is 0.581. The van der Waals surface area contributed by atoms with E-state index in [1.165, 1.54) is 0 Å². The molecule has 0 amide bonds.